The Morgan fingerprint density at radius 2 is 1.87 bits per heavy atom. The van der Waals surface area contributed by atoms with Crippen molar-refractivity contribution in [2.24, 2.45) is 0 Å². The standard InChI is InChI=1S/C13H23NO/c1-2-3-8-11-14-12-13(15)9-6-4-5-7-10-13/h1,14-15H,3-12H2. The molecular formula is C13H23NO. The van der Waals surface area contributed by atoms with E-state index in [2.05, 4.69) is 11.2 Å². The fraction of sp³-hybridized carbons (Fsp3) is 0.846. The van der Waals surface area contributed by atoms with E-state index in [4.69, 9.17) is 6.42 Å². The van der Waals surface area contributed by atoms with E-state index in [1.165, 1.54) is 25.7 Å². The molecule has 1 aliphatic rings. The molecule has 1 rings (SSSR count). The Hall–Kier alpha value is -0.520. The van der Waals surface area contributed by atoms with Gasteiger partial charge in [0.15, 0.2) is 0 Å². The van der Waals surface area contributed by atoms with Crippen LogP contribution in [-0.4, -0.2) is 23.8 Å². The minimum atomic E-state index is -0.452. The second-order valence-electron chi connectivity index (χ2n) is 4.62. The average molecular weight is 209 g/mol. The van der Waals surface area contributed by atoms with Crippen molar-refractivity contribution in [3.63, 3.8) is 0 Å². The molecular weight excluding hydrogens is 186 g/mol. The van der Waals surface area contributed by atoms with Crippen molar-refractivity contribution >= 4 is 0 Å². The van der Waals surface area contributed by atoms with Gasteiger partial charge in [-0.1, -0.05) is 25.7 Å². The van der Waals surface area contributed by atoms with Crippen LogP contribution < -0.4 is 5.32 Å². The van der Waals surface area contributed by atoms with Gasteiger partial charge in [-0.3, -0.25) is 0 Å². The Labute approximate surface area is 93.5 Å². The monoisotopic (exact) mass is 209 g/mol. The van der Waals surface area contributed by atoms with Gasteiger partial charge in [-0.25, -0.2) is 0 Å². The minimum Gasteiger partial charge on any atom is -0.389 e. The van der Waals surface area contributed by atoms with Gasteiger partial charge >= 0.3 is 0 Å². The van der Waals surface area contributed by atoms with Crippen LogP contribution >= 0.6 is 0 Å². The quantitative estimate of drug-likeness (QED) is 0.413. The molecule has 2 N–H and O–H groups in total. The smallest absolute Gasteiger partial charge is 0.0771 e. The fourth-order valence-electron chi connectivity index (χ4n) is 2.20. The van der Waals surface area contributed by atoms with Crippen molar-refractivity contribution in [1.29, 1.82) is 0 Å². The molecule has 0 unspecified atom stereocenters. The highest BCUT2D eigenvalue weighted by Gasteiger charge is 2.26. The molecule has 1 fully saturated rings. The van der Waals surface area contributed by atoms with Crippen molar-refractivity contribution in [3.05, 3.63) is 0 Å². The third-order valence-corrected chi connectivity index (χ3v) is 3.16. The van der Waals surface area contributed by atoms with E-state index in [0.717, 1.165) is 38.8 Å². The molecule has 1 aliphatic carbocycles. The van der Waals surface area contributed by atoms with Crippen LogP contribution in [0.15, 0.2) is 0 Å². The van der Waals surface area contributed by atoms with Crippen molar-refractivity contribution in [1.82, 2.24) is 5.32 Å². The number of nitrogens with one attached hydrogen (secondary N) is 1. The first-order chi connectivity index (χ1) is 7.27. The topological polar surface area (TPSA) is 32.3 Å². The van der Waals surface area contributed by atoms with Crippen LogP contribution in [0.3, 0.4) is 0 Å². The van der Waals surface area contributed by atoms with Gasteiger partial charge in [0.2, 0.25) is 0 Å². The van der Waals surface area contributed by atoms with E-state index in [9.17, 15) is 5.11 Å². The molecule has 2 heteroatoms. The highest BCUT2D eigenvalue weighted by Crippen LogP contribution is 2.26. The molecule has 0 radical (unpaired) electrons. The summed E-state index contributed by atoms with van der Waals surface area (Å²) in [6.07, 6.45) is 13.8. The van der Waals surface area contributed by atoms with E-state index in [-0.39, 0.29) is 0 Å². The van der Waals surface area contributed by atoms with E-state index in [1.807, 2.05) is 0 Å². The average Bonchev–Trinajstić information content (AvgIpc) is 2.43. The van der Waals surface area contributed by atoms with Crippen molar-refractivity contribution in [2.75, 3.05) is 13.1 Å². The lowest BCUT2D eigenvalue weighted by Crippen LogP contribution is -2.40. The minimum absolute atomic E-state index is 0.452. The summed E-state index contributed by atoms with van der Waals surface area (Å²) in [6.45, 7) is 1.66. The third kappa shape index (κ3) is 5.20. The lowest BCUT2D eigenvalue weighted by molar-refractivity contribution is 0.0255. The molecule has 2 nitrogen and oxygen atoms in total. The molecule has 0 spiro atoms. The number of aliphatic hydroxyl groups is 1. The van der Waals surface area contributed by atoms with Gasteiger partial charge in [0.1, 0.15) is 0 Å². The summed E-state index contributed by atoms with van der Waals surface area (Å²) in [5.41, 5.74) is -0.452. The molecule has 0 bridgehead atoms. The molecule has 0 heterocycles. The van der Waals surface area contributed by atoms with E-state index < -0.39 is 5.60 Å². The molecule has 0 aromatic heterocycles. The zero-order chi connectivity index (χ0) is 11.0. The van der Waals surface area contributed by atoms with Crippen LogP contribution in [0.5, 0.6) is 0 Å². The van der Waals surface area contributed by atoms with Gasteiger partial charge in [-0.2, -0.15) is 0 Å². The van der Waals surface area contributed by atoms with Crippen LogP contribution in [0.2, 0.25) is 0 Å². The summed E-state index contributed by atoms with van der Waals surface area (Å²) in [6, 6.07) is 0. The number of unbranched alkanes of at least 4 members (excludes halogenated alkanes) is 1. The fourth-order valence-corrected chi connectivity index (χ4v) is 2.20. The maximum absolute atomic E-state index is 10.3. The SMILES string of the molecule is C#CCCCNCC1(O)CCCCCC1. The first kappa shape index (κ1) is 12.5. The van der Waals surface area contributed by atoms with Crippen LogP contribution in [0, 0.1) is 12.3 Å². The molecule has 0 atom stereocenters. The predicted octanol–water partition coefficient (Wildman–Crippen LogP) is 2.07. The highest BCUT2D eigenvalue weighted by molar-refractivity contribution is 4.85. The normalized spacial score (nSPS) is 20.5. The largest absolute Gasteiger partial charge is 0.389 e. The third-order valence-electron chi connectivity index (χ3n) is 3.16. The zero-order valence-corrected chi connectivity index (χ0v) is 9.60. The molecule has 15 heavy (non-hydrogen) atoms. The first-order valence-corrected chi connectivity index (χ1v) is 6.13. The van der Waals surface area contributed by atoms with Gasteiger partial charge < -0.3 is 10.4 Å². The Morgan fingerprint density at radius 1 is 1.20 bits per heavy atom. The molecule has 0 saturated heterocycles. The molecule has 0 amide bonds. The van der Waals surface area contributed by atoms with Crippen LogP contribution in [0.4, 0.5) is 0 Å². The Bertz CT molecular complexity index is 199. The van der Waals surface area contributed by atoms with Gasteiger partial charge in [0.05, 0.1) is 5.60 Å². The van der Waals surface area contributed by atoms with E-state index >= 15 is 0 Å². The lowest BCUT2D eigenvalue weighted by atomic mass is 9.94. The van der Waals surface area contributed by atoms with Crippen LogP contribution in [-0.2, 0) is 0 Å². The summed E-state index contributed by atoms with van der Waals surface area (Å²) in [7, 11) is 0. The molecule has 0 aromatic carbocycles. The predicted molar refractivity (Wildman–Crippen MR) is 63.6 cm³/mol. The molecule has 0 aliphatic heterocycles. The summed E-state index contributed by atoms with van der Waals surface area (Å²) in [5.74, 6) is 2.62. The Balaban J connectivity index is 2.14. The van der Waals surface area contributed by atoms with Crippen molar-refractivity contribution < 1.29 is 5.11 Å². The van der Waals surface area contributed by atoms with Gasteiger partial charge in [-0.15, -0.1) is 12.3 Å². The summed E-state index contributed by atoms with van der Waals surface area (Å²) in [5, 5.41) is 13.6. The van der Waals surface area contributed by atoms with Gasteiger partial charge in [-0.05, 0) is 25.8 Å². The highest BCUT2D eigenvalue weighted by atomic mass is 16.3. The Kier molecular flexibility index (Phi) is 5.75. The first-order valence-electron chi connectivity index (χ1n) is 6.13. The van der Waals surface area contributed by atoms with E-state index in [1.54, 1.807) is 0 Å². The summed E-state index contributed by atoms with van der Waals surface area (Å²) in [4.78, 5) is 0. The second kappa shape index (κ2) is 6.87. The number of hydrogen-bond donors (Lipinski definition) is 2. The summed E-state index contributed by atoms with van der Waals surface area (Å²) >= 11 is 0. The van der Waals surface area contributed by atoms with Gasteiger partial charge in [0, 0.05) is 13.0 Å². The molecule has 1 saturated carbocycles. The number of terminal acetylenes is 1. The second-order valence-corrected chi connectivity index (χ2v) is 4.62. The van der Waals surface area contributed by atoms with Crippen molar-refractivity contribution in [3.8, 4) is 12.3 Å². The van der Waals surface area contributed by atoms with E-state index in [0.29, 0.717) is 0 Å². The Morgan fingerprint density at radius 3 is 2.47 bits per heavy atom. The number of hydrogen-bond acceptors (Lipinski definition) is 2. The maximum Gasteiger partial charge on any atom is 0.0771 e. The lowest BCUT2D eigenvalue weighted by Gasteiger charge is -2.26. The van der Waals surface area contributed by atoms with Crippen LogP contribution in [0.25, 0.3) is 0 Å². The van der Waals surface area contributed by atoms with Crippen molar-refractivity contribution in [2.45, 2.75) is 57.0 Å². The van der Waals surface area contributed by atoms with Crippen LogP contribution in [0.1, 0.15) is 51.4 Å². The molecule has 86 valence electrons. The number of rotatable bonds is 5. The molecule has 0 aromatic rings. The summed E-state index contributed by atoms with van der Waals surface area (Å²) < 4.78 is 0. The van der Waals surface area contributed by atoms with Gasteiger partial charge in [0.25, 0.3) is 0 Å². The maximum atomic E-state index is 10.3. The zero-order valence-electron chi connectivity index (χ0n) is 9.60.